The van der Waals surface area contributed by atoms with Gasteiger partial charge in [-0.15, -0.1) is 0 Å². The van der Waals surface area contributed by atoms with Crippen LogP contribution in [0.15, 0.2) is 48.5 Å². The van der Waals surface area contributed by atoms with E-state index in [1.165, 1.54) is 36.4 Å². The highest BCUT2D eigenvalue weighted by Crippen LogP contribution is 2.20. The Morgan fingerprint density at radius 2 is 1.76 bits per heavy atom. The van der Waals surface area contributed by atoms with E-state index in [0.29, 0.717) is 5.75 Å². The van der Waals surface area contributed by atoms with Gasteiger partial charge in [0.15, 0.2) is 0 Å². The maximum atomic E-state index is 12.7. The Hall–Kier alpha value is -2.41. The molecule has 0 unspecified atom stereocenters. The summed E-state index contributed by atoms with van der Waals surface area (Å²) >= 11 is 0.918. The molecule has 0 aliphatic rings. The van der Waals surface area contributed by atoms with Gasteiger partial charge in [-0.2, -0.15) is 0 Å². The Morgan fingerprint density at radius 3 is 2.33 bits per heavy atom. The third-order valence-corrected chi connectivity index (χ3v) is 3.32. The van der Waals surface area contributed by atoms with Gasteiger partial charge in [-0.1, -0.05) is 12.1 Å². The zero-order chi connectivity index (χ0) is 15.2. The van der Waals surface area contributed by atoms with Gasteiger partial charge in [0.2, 0.25) is 0 Å². The molecule has 0 aliphatic carbocycles. The first-order valence-electron chi connectivity index (χ1n) is 5.88. The van der Waals surface area contributed by atoms with E-state index in [2.05, 4.69) is 0 Å². The van der Waals surface area contributed by atoms with Crippen molar-refractivity contribution in [1.82, 2.24) is 0 Å². The number of thioether (sulfide) groups is 1. The molecule has 0 amide bonds. The second kappa shape index (κ2) is 6.85. The molecule has 21 heavy (non-hydrogen) atoms. The Balaban J connectivity index is 1.86. The standard InChI is InChI=1S/C14H10FNO4S/c15-11-3-7-13(8-4-11)20-14(17)21-9-10-1-5-12(6-2-10)16(18)19/h1-8H,9H2. The molecule has 2 rings (SSSR count). The van der Waals surface area contributed by atoms with Crippen LogP contribution in [0.2, 0.25) is 0 Å². The van der Waals surface area contributed by atoms with E-state index < -0.39 is 16.0 Å². The fourth-order valence-corrected chi connectivity index (χ4v) is 2.12. The number of ether oxygens (including phenoxy) is 1. The molecule has 0 saturated heterocycles. The van der Waals surface area contributed by atoms with Crippen molar-refractivity contribution in [3.63, 3.8) is 0 Å². The number of benzene rings is 2. The van der Waals surface area contributed by atoms with Gasteiger partial charge in [-0.25, -0.2) is 9.18 Å². The molecule has 5 nitrogen and oxygen atoms in total. The maximum absolute atomic E-state index is 12.7. The molecule has 0 fully saturated rings. The highest BCUT2D eigenvalue weighted by molar-refractivity contribution is 8.12. The zero-order valence-electron chi connectivity index (χ0n) is 10.7. The summed E-state index contributed by atoms with van der Waals surface area (Å²) in [5.74, 6) is 0.184. The maximum Gasteiger partial charge on any atom is 0.373 e. The largest absolute Gasteiger partial charge is 0.418 e. The molecule has 0 aliphatic heterocycles. The summed E-state index contributed by atoms with van der Waals surface area (Å²) in [7, 11) is 0. The summed E-state index contributed by atoms with van der Waals surface area (Å²) < 4.78 is 17.7. The smallest absolute Gasteiger partial charge is 0.373 e. The lowest BCUT2D eigenvalue weighted by Crippen LogP contribution is -2.01. The lowest BCUT2D eigenvalue weighted by molar-refractivity contribution is -0.384. The number of rotatable bonds is 4. The molecule has 0 spiro atoms. The predicted octanol–water partition coefficient (Wildman–Crippen LogP) is 4.17. The molecule has 0 N–H and O–H groups in total. The molecular weight excluding hydrogens is 297 g/mol. The topological polar surface area (TPSA) is 69.4 Å². The molecule has 0 saturated carbocycles. The molecule has 7 heteroatoms. The van der Waals surface area contributed by atoms with E-state index in [1.807, 2.05) is 0 Å². The second-order valence-corrected chi connectivity index (χ2v) is 4.93. The minimum atomic E-state index is -0.528. The van der Waals surface area contributed by atoms with Crippen LogP contribution in [0.1, 0.15) is 5.56 Å². The number of nitrogens with zero attached hydrogens (tertiary/aromatic N) is 1. The highest BCUT2D eigenvalue weighted by atomic mass is 32.2. The average Bonchev–Trinajstić information content (AvgIpc) is 2.48. The minimum Gasteiger partial charge on any atom is -0.418 e. The van der Waals surface area contributed by atoms with Gasteiger partial charge in [0.25, 0.3) is 5.69 Å². The minimum absolute atomic E-state index is 0.00219. The Kier molecular flexibility index (Phi) is 4.89. The van der Waals surface area contributed by atoms with Crippen LogP contribution >= 0.6 is 11.8 Å². The molecule has 108 valence electrons. The third kappa shape index (κ3) is 4.57. The van der Waals surface area contributed by atoms with Gasteiger partial charge >= 0.3 is 5.30 Å². The summed E-state index contributed by atoms with van der Waals surface area (Å²) in [5.41, 5.74) is 0.763. The van der Waals surface area contributed by atoms with E-state index >= 15 is 0 Å². The summed E-state index contributed by atoms with van der Waals surface area (Å²) in [6, 6.07) is 11.0. The Morgan fingerprint density at radius 1 is 1.14 bits per heavy atom. The highest BCUT2D eigenvalue weighted by Gasteiger charge is 2.08. The second-order valence-electron chi connectivity index (χ2n) is 4.02. The summed E-state index contributed by atoms with van der Waals surface area (Å²) in [6.45, 7) is 0. The Labute approximate surface area is 123 Å². The van der Waals surface area contributed by atoms with E-state index in [0.717, 1.165) is 17.3 Å². The van der Waals surface area contributed by atoms with Crippen molar-refractivity contribution in [3.8, 4) is 5.75 Å². The summed E-state index contributed by atoms with van der Waals surface area (Å²) in [6.07, 6.45) is 0. The summed E-state index contributed by atoms with van der Waals surface area (Å²) in [5, 5.41) is 9.98. The van der Waals surface area contributed by atoms with Crippen molar-refractivity contribution < 1.29 is 18.8 Å². The van der Waals surface area contributed by atoms with E-state index in [1.54, 1.807) is 12.1 Å². The van der Waals surface area contributed by atoms with Crippen molar-refractivity contribution >= 4 is 22.8 Å². The molecule has 0 aromatic heterocycles. The first kappa shape index (κ1) is 15.0. The molecule has 0 bridgehead atoms. The average molecular weight is 307 g/mol. The van der Waals surface area contributed by atoms with Crippen molar-refractivity contribution in [3.05, 3.63) is 70.0 Å². The third-order valence-electron chi connectivity index (χ3n) is 2.52. The number of halogens is 1. The van der Waals surface area contributed by atoms with Crippen LogP contribution in [0.25, 0.3) is 0 Å². The van der Waals surface area contributed by atoms with Crippen molar-refractivity contribution in [1.29, 1.82) is 0 Å². The molecular formula is C14H10FNO4S. The summed E-state index contributed by atoms with van der Waals surface area (Å²) in [4.78, 5) is 21.6. The molecule has 2 aromatic rings. The van der Waals surface area contributed by atoms with Crippen molar-refractivity contribution in [2.45, 2.75) is 5.75 Å². The van der Waals surface area contributed by atoms with Crippen LogP contribution in [0, 0.1) is 15.9 Å². The van der Waals surface area contributed by atoms with Crippen LogP contribution in [0.5, 0.6) is 5.75 Å². The first-order chi connectivity index (χ1) is 10.0. The number of hydrogen-bond acceptors (Lipinski definition) is 5. The van der Waals surface area contributed by atoms with E-state index in [-0.39, 0.29) is 11.4 Å². The van der Waals surface area contributed by atoms with Gasteiger partial charge in [-0.3, -0.25) is 10.1 Å². The van der Waals surface area contributed by atoms with Crippen LogP contribution in [-0.2, 0) is 5.75 Å². The first-order valence-corrected chi connectivity index (χ1v) is 6.86. The number of carbonyl (C=O) groups is 1. The van der Waals surface area contributed by atoms with Crippen molar-refractivity contribution in [2.75, 3.05) is 0 Å². The molecule has 2 aromatic carbocycles. The Bertz CT molecular complexity index is 643. The SMILES string of the molecule is O=C(Oc1ccc(F)cc1)SCc1ccc([N+](=O)[O-])cc1. The normalized spacial score (nSPS) is 10.1. The van der Waals surface area contributed by atoms with Crippen LogP contribution in [0.4, 0.5) is 14.9 Å². The van der Waals surface area contributed by atoms with E-state index in [4.69, 9.17) is 4.74 Å². The van der Waals surface area contributed by atoms with E-state index in [9.17, 15) is 19.3 Å². The molecule has 0 radical (unpaired) electrons. The number of carbonyl (C=O) groups excluding carboxylic acids is 1. The number of nitro groups is 1. The lowest BCUT2D eigenvalue weighted by Gasteiger charge is -2.03. The fourth-order valence-electron chi connectivity index (χ4n) is 1.48. The molecule has 0 heterocycles. The number of nitro benzene ring substituents is 1. The van der Waals surface area contributed by atoms with Gasteiger partial charge < -0.3 is 4.74 Å². The quantitative estimate of drug-likeness (QED) is 0.482. The van der Waals surface area contributed by atoms with Crippen molar-refractivity contribution in [2.24, 2.45) is 0 Å². The monoisotopic (exact) mass is 307 g/mol. The van der Waals surface area contributed by atoms with Crippen LogP contribution in [-0.4, -0.2) is 10.2 Å². The van der Waals surface area contributed by atoms with Gasteiger partial charge in [0.05, 0.1) is 4.92 Å². The molecule has 0 atom stereocenters. The van der Waals surface area contributed by atoms with Crippen LogP contribution < -0.4 is 4.74 Å². The predicted molar refractivity (Wildman–Crippen MR) is 76.8 cm³/mol. The number of non-ortho nitro benzene ring substituents is 1. The lowest BCUT2D eigenvalue weighted by atomic mass is 10.2. The van der Waals surface area contributed by atoms with Gasteiger partial charge in [0.1, 0.15) is 11.6 Å². The zero-order valence-corrected chi connectivity index (χ0v) is 11.5. The number of hydrogen-bond donors (Lipinski definition) is 0. The van der Waals surface area contributed by atoms with Gasteiger partial charge in [-0.05, 0) is 41.6 Å². The van der Waals surface area contributed by atoms with Gasteiger partial charge in [0, 0.05) is 17.9 Å². The fraction of sp³-hybridized carbons (Fsp3) is 0.0714. The van der Waals surface area contributed by atoms with Crippen LogP contribution in [0.3, 0.4) is 0 Å².